The molecule has 0 radical (unpaired) electrons. The van der Waals surface area contributed by atoms with Crippen molar-refractivity contribution in [2.75, 3.05) is 6.61 Å². The van der Waals surface area contributed by atoms with E-state index in [0.29, 0.717) is 6.42 Å². The molecule has 1 unspecified atom stereocenters. The van der Waals surface area contributed by atoms with Gasteiger partial charge < -0.3 is 9.66 Å². The minimum atomic E-state index is -4.25. The fourth-order valence-electron chi connectivity index (χ4n) is 2.61. The van der Waals surface area contributed by atoms with E-state index in [1.807, 2.05) is 0 Å². The fourth-order valence-corrected chi connectivity index (χ4v) is 3.46. The van der Waals surface area contributed by atoms with Gasteiger partial charge >= 0.3 is 29.6 Å². The molecule has 1 N–H and O–H groups in total. The third-order valence-corrected chi connectivity index (χ3v) is 5.28. The molecular weight excluding hydrogens is 311 g/mol. The van der Waals surface area contributed by atoms with E-state index in [-0.39, 0.29) is 42.6 Å². The zero-order valence-electron chi connectivity index (χ0n) is 14.6. The second-order valence-electron chi connectivity index (χ2n) is 5.95. The summed E-state index contributed by atoms with van der Waals surface area (Å²) in [5.41, 5.74) is 0. The van der Waals surface area contributed by atoms with E-state index in [1.54, 1.807) is 0 Å². The van der Waals surface area contributed by atoms with Crippen molar-refractivity contribution in [1.29, 1.82) is 0 Å². The Hall–Kier alpha value is 0.870. The van der Waals surface area contributed by atoms with Gasteiger partial charge in [-0.3, -0.25) is 0 Å². The molecule has 128 valence electrons. The molecule has 0 aromatic heterocycles. The molecule has 0 heterocycles. The Bertz CT molecular complexity index is 320. The summed E-state index contributed by atoms with van der Waals surface area (Å²) < 4.78 is 32.9. The quantitative estimate of drug-likeness (QED) is 0.273. The van der Waals surface area contributed by atoms with Crippen LogP contribution in [0.3, 0.4) is 0 Å². The first-order valence-electron chi connectivity index (χ1n) is 8.58. The molecular formula is C16H33NaO4S. The SMILES string of the molecule is CCCCCCCCCCCCCC(CCO)S(=O)(=O)[O-].[Na+]. The third-order valence-electron chi connectivity index (χ3n) is 3.99. The average molecular weight is 344 g/mol. The van der Waals surface area contributed by atoms with Crippen LogP contribution in [0.4, 0.5) is 0 Å². The van der Waals surface area contributed by atoms with E-state index in [0.717, 1.165) is 19.3 Å². The summed E-state index contributed by atoms with van der Waals surface area (Å²) in [4.78, 5) is 0. The Morgan fingerprint density at radius 2 is 1.23 bits per heavy atom. The van der Waals surface area contributed by atoms with Crippen LogP contribution in [-0.2, 0) is 10.1 Å². The van der Waals surface area contributed by atoms with Crippen molar-refractivity contribution in [3.8, 4) is 0 Å². The van der Waals surface area contributed by atoms with Crippen LogP contribution < -0.4 is 29.6 Å². The molecule has 0 aromatic carbocycles. The maximum atomic E-state index is 11.0. The molecule has 0 aromatic rings. The zero-order chi connectivity index (χ0) is 16.0. The van der Waals surface area contributed by atoms with Crippen molar-refractivity contribution in [3.63, 3.8) is 0 Å². The number of aliphatic hydroxyl groups excluding tert-OH is 1. The molecule has 0 rings (SSSR count). The standard InChI is InChI=1S/C16H34O4S.Na/c1-2-3-4-5-6-7-8-9-10-11-12-13-16(14-15-17)21(18,19)20;/h16-17H,2-15H2,1H3,(H,18,19,20);/q;+1/p-1. The molecule has 1 atom stereocenters. The van der Waals surface area contributed by atoms with Crippen molar-refractivity contribution < 1.29 is 47.6 Å². The van der Waals surface area contributed by atoms with Crippen LogP contribution >= 0.6 is 0 Å². The Balaban J connectivity index is 0. The van der Waals surface area contributed by atoms with E-state index in [4.69, 9.17) is 5.11 Å². The topological polar surface area (TPSA) is 77.4 Å². The molecule has 6 heteroatoms. The molecule has 0 amide bonds. The maximum Gasteiger partial charge on any atom is 1.00 e. The van der Waals surface area contributed by atoms with Gasteiger partial charge in [-0.15, -0.1) is 0 Å². The van der Waals surface area contributed by atoms with Crippen molar-refractivity contribution in [2.24, 2.45) is 0 Å². The number of hydrogen-bond donors (Lipinski definition) is 1. The first-order chi connectivity index (χ1) is 10.0. The van der Waals surface area contributed by atoms with Gasteiger partial charge in [0.2, 0.25) is 0 Å². The van der Waals surface area contributed by atoms with Crippen LogP contribution in [0.1, 0.15) is 90.4 Å². The molecule has 0 aliphatic carbocycles. The van der Waals surface area contributed by atoms with Gasteiger partial charge in [0.25, 0.3) is 0 Å². The number of unbranched alkanes of at least 4 members (excludes halogenated alkanes) is 10. The number of hydrogen-bond acceptors (Lipinski definition) is 4. The summed E-state index contributed by atoms with van der Waals surface area (Å²) >= 11 is 0. The predicted octanol–water partition coefficient (Wildman–Crippen LogP) is 0.988. The van der Waals surface area contributed by atoms with Crippen LogP contribution in [0.5, 0.6) is 0 Å². The molecule has 0 saturated carbocycles. The molecule has 0 aliphatic rings. The molecule has 0 fully saturated rings. The van der Waals surface area contributed by atoms with E-state index < -0.39 is 15.4 Å². The van der Waals surface area contributed by atoms with Crippen molar-refractivity contribution >= 4 is 10.1 Å². The third kappa shape index (κ3) is 15.8. The zero-order valence-corrected chi connectivity index (χ0v) is 17.4. The van der Waals surface area contributed by atoms with E-state index in [9.17, 15) is 13.0 Å². The van der Waals surface area contributed by atoms with Gasteiger partial charge in [-0.2, -0.15) is 0 Å². The van der Waals surface area contributed by atoms with Gasteiger partial charge in [-0.05, 0) is 12.8 Å². The first-order valence-corrected chi connectivity index (χ1v) is 10.0. The summed E-state index contributed by atoms with van der Waals surface area (Å²) in [6.07, 6.45) is 13.7. The largest absolute Gasteiger partial charge is 1.00 e. The van der Waals surface area contributed by atoms with Gasteiger partial charge in [0.15, 0.2) is 0 Å². The first kappa shape index (κ1) is 25.1. The second-order valence-corrected chi connectivity index (χ2v) is 7.60. The van der Waals surface area contributed by atoms with Crippen LogP contribution in [-0.4, -0.2) is 29.9 Å². The number of aliphatic hydroxyl groups is 1. The molecule has 22 heavy (non-hydrogen) atoms. The van der Waals surface area contributed by atoms with E-state index in [1.165, 1.54) is 51.4 Å². The van der Waals surface area contributed by atoms with Crippen molar-refractivity contribution in [3.05, 3.63) is 0 Å². The monoisotopic (exact) mass is 344 g/mol. The van der Waals surface area contributed by atoms with Crippen molar-refractivity contribution in [1.82, 2.24) is 0 Å². The molecule has 4 nitrogen and oxygen atoms in total. The predicted molar refractivity (Wildman–Crippen MR) is 86.3 cm³/mol. The number of rotatable bonds is 15. The fraction of sp³-hybridized carbons (Fsp3) is 1.00. The van der Waals surface area contributed by atoms with Gasteiger partial charge in [-0.25, -0.2) is 8.42 Å². The minimum absolute atomic E-state index is 0. The van der Waals surface area contributed by atoms with Gasteiger partial charge in [0.05, 0.1) is 15.4 Å². The summed E-state index contributed by atoms with van der Waals surface area (Å²) in [6, 6.07) is 0. The van der Waals surface area contributed by atoms with Gasteiger partial charge in [-0.1, -0.05) is 77.6 Å². The molecule has 0 aliphatic heterocycles. The Kier molecular flexibility index (Phi) is 19.1. The molecule has 0 saturated heterocycles. The Labute approximate surface area is 159 Å². The smallest absolute Gasteiger partial charge is 0.748 e. The van der Waals surface area contributed by atoms with E-state index >= 15 is 0 Å². The summed E-state index contributed by atoms with van der Waals surface area (Å²) in [6.45, 7) is 1.99. The van der Waals surface area contributed by atoms with Gasteiger partial charge in [0.1, 0.15) is 0 Å². The van der Waals surface area contributed by atoms with Gasteiger partial charge in [0, 0.05) is 6.61 Å². The normalized spacial score (nSPS) is 12.9. The van der Waals surface area contributed by atoms with Crippen LogP contribution in [0.25, 0.3) is 0 Å². The van der Waals surface area contributed by atoms with Crippen LogP contribution in [0, 0.1) is 0 Å². The summed E-state index contributed by atoms with van der Waals surface area (Å²) in [5, 5.41) is 7.87. The summed E-state index contributed by atoms with van der Waals surface area (Å²) in [7, 11) is -4.25. The average Bonchev–Trinajstić information content (AvgIpc) is 2.42. The van der Waals surface area contributed by atoms with Crippen LogP contribution in [0.2, 0.25) is 0 Å². The Morgan fingerprint density at radius 3 is 1.59 bits per heavy atom. The summed E-state index contributed by atoms with van der Waals surface area (Å²) in [5.74, 6) is 0. The van der Waals surface area contributed by atoms with Crippen molar-refractivity contribution in [2.45, 2.75) is 95.6 Å². The molecule has 0 spiro atoms. The Morgan fingerprint density at radius 1 is 0.818 bits per heavy atom. The minimum Gasteiger partial charge on any atom is -0.748 e. The molecule has 0 bridgehead atoms. The maximum absolute atomic E-state index is 11.0. The van der Waals surface area contributed by atoms with E-state index in [2.05, 4.69) is 6.92 Å². The second kappa shape index (κ2) is 16.7. The van der Waals surface area contributed by atoms with Crippen LogP contribution in [0.15, 0.2) is 0 Å².